The molecule has 0 spiro atoms. The molecule has 2 aromatic carbocycles. The molecule has 1 amide bonds. The molecular weight excluding hydrogens is 332 g/mol. The van der Waals surface area contributed by atoms with Crippen molar-refractivity contribution >= 4 is 28.8 Å². The Bertz CT molecular complexity index is 1060. The number of carbonyl (C=O) groups excluding carboxylic acids is 1. The van der Waals surface area contributed by atoms with E-state index in [4.69, 9.17) is 8.83 Å². The van der Waals surface area contributed by atoms with Gasteiger partial charge in [-0.2, -0.15) is 0 Å². The predicted molar refractivity (Wildman–Crippen MR) is 97.5 cm³/mol. The van der Waals surface area contributed by atoms with Gasteiger partial charge in [0.2, 0.25) is 11.8 Å². The van der Waals surface area contributed by atoms with Gasteiger partial charge in [-0.05, 0) is 42.5 Å². The third-order valence-electron chi connectivity index (χ3n) is 3.73. The number of aromatic nitrogens is 1. The maximum absolute atomic E-state index is 11.9. The van der Waals surface area contributed by atoms with Gasteiger partial charge < -0.3 is 19.3 Å². The lowest BCUT2D eigenvalue weighted by molar-refractivity contribution is -0.111. The molecular formula is C20H14N2O4. The first-order chi connectivity index (χ1) is 12.7. The average molecular weight is 346 g/mol. The van der Waals surface area contributed by atoms with Crippen LogP contribution in [-0.2, 0) is 4.79 Å². The molecule has 0 aliphatic heterocycles. The van der Waals surface area contributed by atoms with Crippen LogP contribution >= 0.6 is 0 Å². The summed E-state index contributed by atoms with van der Waals surface area (Å²) in [6.07, 6.45) is 4.44. The number of aromatic hydroxyl groups is 1. The molecule has 0 fully saturated rings. The quantitative estimate of drug-likeness (QED) is 0.533. The van der Waals surface area contributed by atoms with Gasteiger partial charge in [0, 0.05) is 17.8 Å². The third-order valence-corrected chi connectivity index (χ3v) is 3.73. The van der Waals surface area contributed by atoms with Gasteiger partial charge in [-0.25, -0.2) is 4.98 Å². The summed E-state index contributed by atoms with van der Waals surface area (Å²) in [5.74, 6) is 0.522. The van der Waals surface area contributed by atoms with Gasteiger partial charge >= 0.3 is 0 Å². The summed E-state index contributed by atoms with van der Waals surface area (Å²) in [5, 5.41) is 13.0. The molecule has 0 unspecified atom stereocenters. The Labute approximate surface area is 148 Å². The van der Waals surface area contributed by atoms with Crippen molar-refractivity contribution < 1.29 is 18.7 Å². The lowest BCUT2D eigenvalue weighted by atomic mass is 10.1. The molecule has 0 saturated heterocycles. The molecule has 6 heteroatoms. The number of anilines is 1. The van der Waals surface area contributed by atoms with Gasteiger partial charge in [0.05, 0.1) is 11.8 Å². The first-order valence-electron chi connectivity index (χ1n) is 7.90. The summed E-state index contributed by atoms with van der Waals surface area (Å²) in [4.78, 5) is 16.3. The number of para-hydroxylation sites is 2. The fourth-order valence-electron chi connectivity index (χ4n) is 2.51. The van der Waals surface area contributed by atoms with Gasteiger partial charge in [-0.1, -0.05) is 12.1 Å². The van der Waals surface area contributed by atoms with Crippen LogP contribution in [0.25, 0.3) is 28.6 Å². The highest BCUT2D eigenvalue weighted by Crippen LogP contribution is 2.33. The number of fused-ring (bicyclic) bond motifs is 1. The highest BCUT2D eigenvalue weighted by Gasteiger charge is 2.13. The molecule has 128 valence electrons. The van der Waals surface area contributed by atoms with Gasteiger partial charge in [-0.3, -0.25) is 4.79 Å². The number of nitrogens with one attached hydrogen (secondary N) is 1. The van der Waals surface area contributed by atoms with E-state index in [1.165, 1.54) is 18.4 Å². The normalized spacial score (nSPS) is 11.2. The molecule has 2 aromatic heterocycles. The lowest BCUT2D eigenvalue weighted by Gasteiger charge is -2.05. The van der Waals surface area contributed by atoms with Crippen LogP contribution in [0.2, 0.25) is 0 Å². The average Bonchev–Trinajstić information content (AvgIpc) is 3.29. The van der Waals surface area contributed by atoms with E-state index in [-0.39, 0.29) is 11.7 Å². The van der Waals surface area contributed by atoms with Gasteiger partial charge in [0.1, 0.15) is 17.0 Å². The smallest absolute Gasteiger partial charge is 0.248 e. The minimum absolute atomic E-state index is 0.0376. The number of nitrogens with zero attached hydrogens (tertiary/aromatic N) is 1. The number of hydrogen-bond donors (Lipinski definition) is 2. The largest absolute Gasteiger partial charge is 0.507 e. The summed E-state index contributed by atoms with van der Waals surface area (Å²) in [5.41, 5.74) is 2.26. The van der Waals surface area contributed by atoms with E-state index in [1.807, 2.05) is 24.3 Å². The van der Waals surface area contributed by atoms with Crippen LogP contribution in [0.1, 0.15) is 5.76 Å². The van der Waals surface area contributed by atoms with Crippen LogP contribution in [0.15, 0.2) is 75.8 Å². The van der Waals surface area contributed by atoms with Crippen LogP contribution in [-0.4, -0.2) is 16.0 Å². The molecule has 2 N–H and O–H groups in total. The van der Waals surface area contributed by atoms with Crippen molar-refractivity contribution in [3.05, 3.63) is 72.7 Å². The van der Waals surface area contributed by atoms with Gasteiger partial charge in [-0.15, -0.1) is 0 Å². The molecule has 0 atom stereocenters. The van der Waals surface area contributed by atoms with Crippen LogP contribution in [0, 0.1) is 0 Å². The second kappa shape index (κ2) is 6.60. The van der Waals surface area contributed by atoms with Crippen molar-refractivity contribution in [1.29, 1.82) is 0 Å². The zero-order valence-corrected chi connectivity index (χ0v) is 13.5. The topological polar surface area (TPSA) is 88.5 Å². The van der Waals surface area contributed by atoms with E-state index >= 15 is 0 Å². The number of oxazole rings is 1. The minimum atomic E-state index is -0.338. The maximum atomic E-state index is 11.9. The van der Waals surface area contributed by atoms with Crippen molar-refractivity contribution in [2.24, 2.45) is 0 Å². The minimum Gasteiger partial charge on any atom is -0.507 e. The van der Waals surface area contributed by atoms with E-state index in [9.17, 15) is 9.90 Å². The fourth-order valence-corrected chi connectivity index (χ4v) is 2.51. The molecule has 0 saturated carbocycles. The standard InChI is InChI=1S/C20H14N2O4/c23-17-12-13(21-19(24)10-8-14-4-3-11-25-14)7-9-15(17)20-22-16-5-1-2-6-18(16)26-20/h1-12,23H,(H,21,24). The highest BCUT2D eigenvalue weighted by molar-refractivity contribution is 6.02. The van der Waals surface area contributed by atoms with Crippen molar-refractivity contribution in [2.75, 3.05) is 5.32 Å². The SMILES string of the molecule is O=C(C=Cc1ccco1)Nc1ccc(-c2nc3ccccc3o2)c(O)c1. The van der Waals surface area contributed by atoms with E-state index in [0.29, 0.717) is 34.0 Å². The molecule has 6 nitrogen and oxygen atoms in total. The highest BCUT2D eigenvalue weighted by atomic mass is 16.3. The van der Waals surface area contributed by atoms with Crippen molar-refractivity contribution in [1.82, 2.24) is 4.98 Å². The van der Waals surface area contributed by atoms with E-state index in [1.54, 1.807) is 30.3 Å². The summed E-state index contributed by atoms with van der Waals surface area (Å²) < 4.78 is 10.8. The monoisotopic (exact) mass is 346 g/mol. The van der Waals surface area contributed by atoms with Crippen LogP contribution < -0.4 is 5.32 Å². The Hall–Kier alpha value is -3.80. The number of furan rings is 1. The lowest BCUT2D eigenvalue weighted by Crippen LogP contribution is -2.07. The molecule has 4 aromatic rings. The number of hydrogen-bond acceptors (Lipinski definition) is 5. The molecule has 0 bridgehead atoms. The molecule has 0 aliphatic carbocycles. The Kier molecular flexibility index (Phi) is 3.99. The van der Waals surface area contributed by atoms with Crippen LogP contribution in [0.3, 0.4) is 0 Å². The summed E-state index contributed by atoms with van der Waals surface area (Å²) in [7, 11) is 0. The van der Waals surface area contributed by atoms with Crippen molar-refractivity contribution in [2.45, 2.75) is 0 Å². The predicted octanol–water partition coefficient (Wildman–Crippen LogP) is 4.45. The van der Waals surface area contributed by atoms with Gasteiger partial charge in [0.25, 0.3) is 0 Å². The van der Waals surface area contributed by atoms with E-state index in [2.05, 4.69) is 10.3 Å². The number of phenolic OH excluding ortho intramolecular Hbond substituents is 1. The zero-order chi connectivity index (χ0) is 17.9. The number of amides is 1. The van der Waals surface area contributed by atoms with Gasteiger partial charge in [0.15, 0.2) is 5.58 Å². The summed E-state index contributed by atoms with van der Waals surface area (Å²) in [6, 6.07) is 15.6. The van der Waals surface area contributed by atoms with Crippen molar-refractivity contribution in [3.8, 4) is 17.2 Å². The second-order valence-corrected chi connectivity index (χ2v) is 5.56. The Balaban J connectivity index is 1.53. The number of carbonyl (C=O) groups is 1. The zero-order valence-electron chi connectivity index (χ0n) is 13.5. The summed E-state index contributed by atoms with van der Waals surface area (Å²) >= 11 is 0. The maximum Gasteiger partial charge on any atom is 0.248 e. The fraction of sp³-hybridized carbons (Fsp3) is 0. The molecule has 4 rings (SSSR count). The van der Waals surface area contributed by atoms with E-state index in [0.717, 1.165) is 0 Å². The van der Waals surface area contributed by atoms with E-state index < -0.39 is 0 Å². The number of rotatable bonds is 4. The number of phenols is 1. The molecule has 2 heterocycles. The summed E-state index contributed by atoms with van der Waals surface area (Å²) in [6.45, 7) is 0. The Morgan fingerprint density at radius 3 is 2.77 bits per heavy atom. The molecule has 0 radical (unpaired) electrons. The molecule has 26 heavy (non-hydrogen) atoms. The Morgan fingerprint density at radius 2 is 2.00 bits per heavy atom. The first-order valence-corrected chi connectivity index (χ1v) is 7.90. The molecule has 0 aliphatic rings. The number of benzene rings is 2. The first kappa shape index (κ1) is 15.7. The third kappa shape index (κ3) is 3.21. The van der Waals surface area contributed by atoms with Crippen molar-refractivity contribution in [3.63, 3.8) is 0 Å². The van der Waals surface area contributed by atoms with Crippen LogP contribution in [0.5, 0.6) is 5.75 Å². The second-order valence-electron chi connectivity index (χ2n) is 5.56. The van der Waals surface area contributed by atoms with Crippen LogP contribution in [0.4, 0.5) is 5.69 Å². The Morgan fingerprint density at radius 1 is 1.12 bits per heavy atom.